The van der Waals surface area contributed by atoms with Crippen molar-refractivity contribution in [2.45, 2.75) is 59.2 Å². The average molecular weight is 354 g/mol. The highest BCUT2D eigenvalue weighted by atomic mass is 79.9. The Hall–Kier alpha value is -1.14. The number of halogens is 1. The summed E-state index contributed by atoms with van der Waals surface area (Å²) in [6.45, 7) is 7.98. The van der Waals surface area contributed by atoms with Crippen LogP contribution in [0.15, 0.2) is 16.9 Å². The second kappa shape index (κ2) is 7.22. The Kier molecular flexibility index (Phi) is 5.58. The molecule has 5 nitrogen and oxygen atoms in total. The first-order valence-corrected chi connectivity index (χ1v) is 8.39. The predicted molar refractivity (Wildman–Crippen MR) is 88.3 cm³/mol. The van der Waals surface area contributed by atoms with Gasteiger partial charge >= 0.3 is 0 Å². The van der Waals surface area contributed by atoms with Crippen molar-refractivity contribution in [1.82, 2.24) is 19.3 Å². The SMILES string of the molecule is CCc1nn(CC)c(Cn2ccnc2CC(N)CC)c1Br. The van der Waals surface area contributed by atoms with E-state index >= 15 is 0 Å². The average Bonchev–Trinajstić information content (AvgIpc) is 3.05. The Balaban J connectivity index is 2.26. The summed E-state index contributed by atoms with van der Waals surface area (Å²) in [6, 6.07) is 0.164. The summed E-state index contributed by atoms with van der Waals surface area (Å²) < 4.78 is 5.35. The lowest BCUT2D eigenvalue weighted by Crippen LogP contribution is -2.24. The maximum Gasteiger partial charge on any atom is 0.110 e. The number of imidazole rings is 1. The van der Waals surface area contributed by atoms with Crippen molar-refractivity contribution in [3.8, 4) is 0 Å². The lowest BCUT2D eigenvalue weighted by molar-refractivity contribution is 0.565. The highest BCUT2D eigenvalue weighted by molar-refractivity contribution is 9.10. The zero-order valence-corrected chi connectivity index (χ0v) is 14.6. The number of hydrogen-bond acceptors (Lipinski definition) is 3. The van der Waals surface area contributed by atoms with E-state index in [1.807, 2.05) is 12.4 Å². The quantitative estimate of drug-likeness (QED) is 0.832. The Morgan fingerprint density at radius 1 is 1.33 bits per heavy atom. The fourth-order valence-electron chi connectivity index (χ4n) is 2.38. The number of aryl methyl sites for hydroxylation is 2. The van der Waals surface area contributed by atoms with Crippen LogP contribution in [-0.2, 0) is 25.9 Å². The van der Waals surface area contributed by atoms with E-state index in [1.54, 1.807) is 0 Å². The van der Waals surface area contributed by atoms with Crippen LogP contribution in [0.25, 0.3) is 0 Å². The van der Waals surface area contributed by atoms with Crippen molar-refractivity contribution in [2.24, 2.45) is 5.73 Å². The monoisotopic (exact) mass is 353 g/mol. The fraction of sp³-hybridized carbons (Fsp3) is 0.600. The topological polar surface area (TPSA) is 61.7 Å². The van der Waals surface area contributed by atoms with Crippen LogP contribution in [0.3, 0.4) is 0 Å². The third-order valence-electron chi connectivity index (χ3n) is 3.79. The van der Waals surface area contributed by atoms with E-state index in [-0.39, 0.29) is 6.04 Å². The molecule has 0 aliphatic carbocycles. The minimum absolute atomic E-state index is 0.164. The molecule has 1 unspecified atom stereocenters. The van der Waals surface area contributed by atoms with E-state index in [2.05, 4.69) is 56.0 Å². The normalized spacial score (nSPS) is 12.8. The maximum atomic E-state index is 6.06. The Morgan fingerprint density at radius 3 is 2.71 bits per heavy atom. The lowest BCUT2D eigenvalue weighted by atomic mass is 10.1. The summed E-state index contributed by atoms with van der Waals surface area (Å²) in [4.78, 5) is 4.45. The van der Waals surface area contributed by atoms with Crippen molar-refractivity contribution in [3.05, 3.63) is 34.1 Å². The molecule has 1 atom stereocenters. The Morgan fingerprint density at radius 2 is 2.10 bits per heavy atom. The van der Waals surface area contributed by atoms with E-state index in [1.165, 1.54) is 5.69 Å². The van der Waals surface area contributed by atoms with E-state index in [0.29, 0.717) is 0 Å². The molecule has 0 aromatic carbocycles. The van der Waals surface area contributed by atoms with E-state index < -0.39 is 0 Å². The van der Waals surface area contributed by atoms with Crippen molar-refractivity contribution in [3.63, 3.8) is 0 Å². The minimum Gasteiger partial charge on any atom is -0.329 e. The molecule has 0 saturated carbocycles. The highest BCUT2D eigenvalue weighted by Crippen LogP contribution is 2.23. The third kappa shape index (κ3) is 3.55. The molecule has 2 rings (SSSR count). The van der Waals surface area contributed by atoms with E-state index in [4.69, 9.17) is 5.73 Å². The van der Waals surface area contributed by atoms with Gasteiger partial charge in [-0.2, -0.15) is 5.10 Å². The molecular weight excluding hydrogens is 330 g/mol. The van der Waals surface area contributed by atoms with Gasteiger partial charge in [0.05, 0.1) is 22.4 Å². The molecule has 2 N–H and O–H groups in total. The molecule has 2 heterocycles. The highest BCUT2D eigenvalue weighted by Gasteiger charge is 2.16. The zero-order valence-electron chi connectivity index (χ0n) is 13.0. The second-order valence-corrected chi connectivity index (χ2v) is 6.01. The maximum absolute atomic E-state index is 6.06. The molecule has 2 aromatic heterocycles. The molecule has 6 heteroatoms. The Labute approximate surface area is 134 Å². The molecule has 0 aliphatic heterocycles. The van der Waals surface area contributed by atoms with Gasteiger partial charge in [-0.1, -0.05) is 13.8 Å². The first-order valence-electron chi connectivity index (χ1n) is 7.60. The molecule has 0 aliphatic rings. The molecule has 0 saturated heterocycles. The molecule has 21 heavy (non-hydrogen) atoms. The molecule has 116 valence electrons. The first-order chi connectivity index (χ1) is 10.1. The van der Waals surface area contributed by atoms with Gasteiger partial charge in [-0.05, 0) is 35.7 Å². The van der Waals surface area contributed by atoms with Crippen molar-refractivity contribution < 1.29 is 0 Å². The summed E-state index contributed by atoms with van der Waals surface area (Å²) in [5, 5.41) is 4.65. The lowest BCUT2D eigenvalue weighted by Gasteiger charge is -2.12. The van der Waals surface area contributed by atoms with Crippen LogP contribution in [-0.4, -0.2) is 25.4 Å². The van der Waals surface area contributed by atoms with Gasteiger partial charge in [0.15, 0.2) is 0 Å². The van der Waals surface area contributed by atoms with Gasteiger partial charge in [-0.15, -0.1) is 0 Å². The van der Waals surface area contributed by atoms with Crippen LogP contribution in [0.5, 0.6) is 0 Å². The first kappa shape index (κ1) is 16.2. The summed E-state index contributed by atoms with van der Waals surface area (Å²) >= 11 is 3.70. The fourth-order valence-corrected chi connectivity index (χ4v) is 3.07. The van der Waals surface area contributed by atoms with Crippen LogP contribution >= 0.6 is 15.9 Å². The predicted octanol–water partition coefficient (Wildman–Crippen LogP) is 2.75. The molecule has 2 aromatic rings. The largest absolute Gasteiger partial charge is 0.329 e. The van der Waals surface area contributed by atoms with Crippen LogP contribution < -0.4 is 5.73 Å². The molecule has 0 spiro atoms. The summed E-state index contributed by atoms with van der Waals surface area (Å²) in [5.41, 5.74) is 8.36. The van der Waals surface area contributed by atoms with Crippen molar-refractivity contribution in [2.75, 3.05) is 0 Å². The zero-order chi connectivity index (χ0) is 15.4. The van der Waals surface area contributed by atoms with Crippen LogP contribution in [0.4, 0.5) is 0 Å². The number of aromatic nitrogens is 4. The Bertz CT molecular complexity index is 587. The number of nitrogens with zero attached hydrogens (tertiary/aromatic N) is 4. The van der Waals surface area contributed by atoms with Crippen LogP contribution in [0.2, 0.25) is 0 Å². The van der Waals surface area contributed by atoms with Crippen molar-refractivity contribution in [1.29, 1.82) is 0 Å². The molecular formula is C15H24BrN5. The summed E-state index contributed by atoms with van der Waals surface area (Å²) in [7, 11) is 0. The van der Waals surface area contributed by atoms with Crippen LogP contribution in [0, 0.1) is 0 Å². The minimum atomic E-state index is 0.164. The molecule has 0 amide bonds. The van der Waals surface area contributed by atoms with Gasteiger partial charge < -0.3 is 10.3 Å². The van der Waals surface area contributed by atoms with E-state index in [9.17, 15) is 0 Å². The summed E-state index contributed by atoms with van der Waals surface area (Å²) in [5.74, 6) is 1.04. The number of nitrogens with two attached hydrogens (primary N) is 1. The number of hydrogen-bond donors (Lipinski definition) is 1. The molecule has 0 fully saturated rings. The standard InChI is InChI=1S/C15H24BrN5/c1-4-11(17)9-14-18-7-8-20(14)10-13-15(16)12(5-2)19-21(13)6-3/h7-8,11H,4-6,9-10,17H2,1-3H3. The van der Waals surface area contributed by atoms with Gasteiger partial charge in [0, 0.05) is 31.4 Å². The smallest absolute Gasteiger partial charge is 0.110 e. The summed E-state index contributed by atoms with van der Waals surface area (Å²) in [6.07, 6.45) is 6.56. The van der Waals surface area contributed by atoms with Gasteiger partial charge in [0.1, 0.15) is 5.82 Å². The van der Waals surface area contributed by atoms with Gasteiger partial charge in [0.25, 0.3) is 0 Å². The van der Waals surface area contributed by atoms with Gasteiger partial charge in [-0.3, -0.25) is 4.68 Å². The molecule has 0 radical (unpaired) electrons. The third-order valence-corrected chi connectivity index (χ3v) is 4.70. The van der Waals surface area contributed by atoms with Crippen LogP contribution in [0.1, 0.15) is 44.4 Å². The van der Waals surface area contributed by atoms with Crippen molar-refractivity contribution >= 4 is 15.9 Å². The number of rotatable bonds is 7. The second-order valence-electron chi connectivity index (χ2n) is 5.22. The van der Waals surface area contributed by atoms with Gasteiger partial charge in [0.2, 0.25) is 0 Å². The molecule has 0 bridgehead atoms. The van der Waals surface area contributed by atoms with E-state index in [0.717, 1.165) is 48.3 Å². The van der Waals surface area contributed by atoms with Gasteiger partial charge in [-0.25, -0.2) is 4.98 Å².